The summed E-state index contributed by atoms with van der Waals surface area (Å²) in [5.41, 5.74) is -1.66. The molecule has 0 N–H and O–H groups in total. The van der Waals surface area contributed by atoms with Crippen LogP contribution in [0, 0.1) is 11.8 Å². The second-order valence-corrected chi connectivity index (χ2v) is 31.6. The molecule has 2 aliphatic carbocycles. The number of epoxide rings is 3. The normalized spacial score (nSPS) is 39.8. The molecule has 5 heterocycles. The standard InChI is InChI=1S/C34H61N3O10Si4/c1-7-8-16-35-32(38)36(34(40)37(33(35)39)23-27-24-41-27)17-9-18-49(4)46-50(5,19-14-25-10-12-28-30(21-25)42-28)44-48(2,3)45-51(6,47-49)20-15-26-11-13-29-31(22-26)43-29/h25-31H,7-24H2,1-6H3. The molecule has 9 unspecified atom stereocenters. The Labute approximate surface area is 306 Å². The highest BCUT2D eigenvalue weighted by molar-refractivity contribution is 6.93. The molecule has 51 heavy (non-hydrogen) atoms. The van der Waals surface area contributed by atoms with Crippen molar-refractivity contribution in [1.29, 1.82) is 0 Å². The second-order valence-electron chi connectivity index (χ2n) is 17.2. The van der Waals surface area contributed by atoms with E-state index < -0.39 is 51.3 Å². The van der Waals surface area contributed by atoms with E-state index in [1.54, 1.807) is 0 Å². The zero-order chi connectivity index (χ0) is 36.2. The van der Waals surface area contributed by atoms with E-state index in [2.05, 4.69) is 32.7 Å². The molecular weight excluding hydrogens is 723 g/mol. The molecule has 6 fully saturated rings. The molecular formula is C34H61N3O10Si4. The van der Waals surface area contributed by atoms with Crippen LogP contribution >= 0.6 is 0 Å². The fourth-order valence-corrected chi connectivity index (χ4v) is 32.2. The van der Waals surface area contributed by atoms with Crippen molar-refractivity contribution in [2.75, 3.05) is 6.61 Å². The lowest BCUT2D eigenvalue weighted by atomic mass is 9.88. The van der Waals surface area contributed by atoms with Crippen LogP contribution in [0.25, 0.3) is 0 Å². The minimum absolute atomic E-state index is 0.161. The lowest BCUT2D eigenvalue weighted by Crippen LogP contribution is -2.66. The highest BCUT2D eigenvalue weighted by atomic mass is 28.5. The number of hydrogen-bond acceptors (Lipinski definition) is 10. The van der Waals surface area contributed by atoms with E-state index >= 15 is 0 Å². The molecule has 6 aliphatic rings. The smallest absolute Gasteiger partial charge is 0.336 e. The van der Waals surface area contributed by atoms with Gasteiger partial charge in [0.05, 0.1) is 43.7 Å². The molecule has 0 radical (unpaired) electrons. The van der Waals surface area contributed by atoms with Crippen molar-refractivity contribution < 1.29 is 30.7 Å². The number of fused-ring (bicyclic) bond motifs is 2. The molecule has 0 spiro atoms. The molecule has 9 atom stereocenters. The van der Waals surface area contributed by atoms with Gasteiger partial charge in [-0.05, 0) is 127 Å². The van der Waals surface area contributed by atoms with Gasteiger partial charge in [-0.25, -0.2) is 28.1 Å². The summed E-state index contributed by atoms with van der Waals surface area (Å²) in [6.07, 6.45) is 12.7. The first-order valence-electron chi connectivity index (χ1n) is 19.8. The van der Waals surface area contributed by atoms with Crippen LogP contribution in [-0.2, 0) is 50.3 Å². The molecule has 0 amide bonds. The number of nitrogens with zero attached hydrogens (tertiary/aromatic N) is 3. The molecule has 13 nitrogen and oxygen atoms in total. The van der Waals surface area contributed by atoms with E-state index in [0.29, 0.717) is 61.7 Å². The van der Waals surface area contributed by atoms with Crippen molar-refractivity contribution in [2.45, 2.75) is 179 Å². The number of rotatable bonds is 15. The molecule has 4 aliphatic heterocycles. The Kier molecular flexibility index (Phi) is 11.2. The summed E-state index contributed by atoms with van der Waals surface area (Å²) in [7, 11) is -11.1. The molecule has 1 aromatic heterocycles. The molecule has 288 valence electrons. The topological polar surface area (TPSA) is 141 Å². The number of ether oxygens (including phenoxy) is 3. The van der Waals surface area contributed by atoms with Crippen molar-refractivity contribution in [2.24, 2.45) is 11.8 Å². The quantitative estimate of drug-likeness (QED) is 0.182. The third-order valence-electron chi connectivity index (χ3n) is 11.9. The van der Waals surface area contributed by atoms with Crippen LogP contribution in [0.4, 0.5) is 0 Å². The fraction of sp³-hybridized carbons (Fsp3) is 0.912. The largest absolute Gasteiger partial charge is 0.416 e. The van der Waals surface area contributed by atoms with E-state index in [0.717, 1.165) is 57.0 Å². The predicted molar refractivity (Wildman–Crippen MR) is 201 cm³/mol. The minimum atomic E-state index is -2.97. The van der Waals surface area contributed by atoms with E-state index in [1.807, 2.05) is 6.92 Å². The molecule has 0 bridgehead atoms. The number of unbranched alkanes of at least 4 members (excludes halogenated alkanes) is 1. The highest BCUT2D eigenvalue weighted by Crippen LogP contribution is 2.45. The zero-order valence-electron chi connectivity index (χ0n) is 31.7. The van der Waals surface area contributed by atoms with Crippen LogP contribution in [0.2, 0.25) is 50.9 Å². The summed E-state index contributed by atoms with van der Waals surface area (Å²) >= 11 is 0. The van der Waals surface area contributed by atoms with Crippen LogP contribution in [0.1, 0.15) is 77.6 Å². The number of aromatic nitrogens is 3. The summed E-state index contributed by atoms with van der Waals surface area (Å²) in [4.78, 5) is 40.5. The summed E-state index contributed by atoms with van der Waals surface area (Å²) in [5.74, 6) is 1.22. The molecule has 7 rings (SSSR count). The highest BCUT2D eigenvalue weighted by Gasteiger charge is 2.56. The molecule has 1 aromatic rings. The third kappa shape index (κ3) is 9.45. The van der Waals surface area contributed by atoms with Crippen molar-refractivity contribution >= 4 is 34.2 Å². The maximum Gasteiger partial charge on any atom is 0.336 e. The van der Waals surface area contributed by atoms with Gasteiger partial charge in [0.2, 0.25) is 0 Å². The van der Waals surface area contributed by atoms with Gasteiger partial charge in [0.25, 0.3) is 0 Å². The molecule has 0 aromatic carbocycles. The second kappa shape index (κ2) is 14.9. The average Bonchev–Trinajstić information content (AvgIpc) is 3.92. The predicted octanol–water partition coefficient (Wildman–Crippen LogP) is 4.67. The van der Waals surface area contributed by atoms with Gasteiger partial charge in [-0.15, -0.1) is 0 Å². The van der Waals surface area contributed by atoms with E-state index in [9.17, 15) is 14.4 Å². The van der Waals surface area contributed by atoms with Gasteiger partial charge in [0.15, 0.2) is 0 Å². The van der Waals surface area contributed by atoms with Crippen LogP contribution in [-0.4, -0.2) is 85.1 Å². The maximum atomic E-state index is 13.6. The summed E-state index contributed by atoms with van der Waals surface area (Å²) in [6, 6.07) is 2.33. The van der Waals surface area contributed by atoms with Gasteiger partial charge in [-0.1, -0.05) is 13.3 Å². The van der Waals surface area contributed by atoms with Crippen molar-refractivity contribution in [3.8, 4) is 0 Å². The van der Waals surface area contributed by atoms with Crippen molar-refractivity contribution in [1.82, 2.24) is 13.7 Å². The van der Waals surface area contributed by atoms with Gasteiger partial charge >= 0.3 is 51.3 Å². The van der Waals surface area contributed by atoms with Gasteiger partial charge < -0.3 is 30.7 Å². The van der Waals surface area contributed by atoms with E-state index in [-0.39, 0.29) is 25.7 Å². The Hall–Kier alpha value is -1.00. The summed E-state index contributed by atoms with van der Waals surface area (Å²) in [5, 5.41) is 0. The lowest BCUT2D eigenvalue weighted by Gasteiger charge is -2.50. The SMILES string of the molecule is CCCCn1c(=O)n(CCC[Si]2(C)O[Si](C)(CCC3CCC4OC4C3)O[Si](C)(C)O[Si](C)(CCC3CCC4OC4C3)O2)c(=O)n(CC2CO2)c1=O. The molecule has 17 heteroatoms. The third-order valence-corrected chi connectivity index (χ3v) is 29.9. The first-order valence-corrected chi connectivity index (χ1v) is 30.2. The summed E-state index contributed by atoms with van der Waals surface area (Å²) < 4.78 is 49.6. The van der Waals surface area contributed by atoms with Crippen LogP contribution in [0.15, 0.2) is 14.4 Å². The first-order chi connectivity index (χ1) is 24.2. The van der Waals surface area contributed by atoms with Crippen LogP contribution < -0.4 is 17.1 Å². The van der Waals surface area contributed by atoms with Crippen molar-refractivity contribution in [3.05, 3.63) is 31.5 Å². The lowest BCUT2D eigenvalue weighted by molar-refractivity contribution is 0.219. The number of hydrogen-bond donors (Lipinski definition) is 0. The Morgan fingerprint density at radius 1 is 0.608 bits per heavy atom. The first kappa shape index (κ1) is 38.3. The summed E-state index contributed by atoms with van der Waals surface area (Å²) in [6.45, 7) is 14.0. The minimum Gasteiger partial charge on any atom is -0.416 e. The Balaban J connectivity index is 1.11. The van der Waals surface area contributed by atoms with Gasteiger partial charge in [0, 0.05) is 13.1 Å². The molecule has 2 saturated carbocycles. The Morgan fingerprint density at radius 2 is 1.08 bits per heavy atom. The van der Waals surface area contributed by atoms with E-state index in [4.69, 9.17) is 30.7 Å². The van der Waals surface area contributed by atoms with Crippen LogP contribution in [0.5, 0.6) is 0 Å². The monoisotopic (exact) mass is 783 g/mol. The maximum absolute atomic E-state index is 13.6. The Morgan fingerprint density at radius 3 is 1.55 bits per heavy atom. The Bertz CT molecular complexity index is 1550. The van der Waals surface area contributed by atoms with Gasteiger partial charge in [-0.2, -0.15) is 0 Å². The van der Waals surface area contributed by atoms with Crippen molar-refractivity contribution in [3.63, 3.8) is 0 Å². The van der Waals surface area contributed by atoms with Gasteiger partial charge in [-0.3, -0.25) is 0 Å². The van der Waals surface area contributed by atoms with E-state index in [1.165, 1.54) is 26.5 Å². The average molecular weight is 784 g/mol. The molecule has 4 saturated heterocycles. The zero-order valence-corrected chi connectivity index (χ0v) is 35.7. The fourth-order valence-electron chi connectivity index (χ4n) is 9.25. The van der Waals surface area contributed by atoms with Crippen LogP contribution in [0.3, 0.4) is 0 Å². The van der Waals surface area contributed by atoms with Gasteiger partial charge in [0.1, 0.15) is 0 Å².